The zero-order chi connectivity index (χ0) is 15.4. The van der Waals surface area contributed by atoms with Crippen LogP contribution in [0, 0.1) is 0 Å². The zero-order valence-electron chi connectivity index (χ0n) is 11.7. The number of aromatic hydroxyl groups is 1. The maximum Gasteiger partial charge on any atom is 0.305 e. The Bertz CT molecular complexity index is 511. The van der Waals surface area contributed by atoms with Crippen LogP contribution in [0.2, 0.25) is 0 Å². The molecular formula is C15H20N2O4. The molecule has 1 unspecified atom stereocenters. The number of nitrogens with two attached hydrogens (primary N) is 1. The molecule has 21 heavy (non-hydrogen) atoms. The number of hydrogen-bond donors (Lipinski definition) is 3. The van der Waals surface area contributed by atoms with E-state index in [-0.39, 0.29) is 30.7 Å². The van der Waals surface area contributed by atoms with Crippen LogP contribution in [0.4, 0.5) is 0 Å². The van der Waals surface area contributed by atoms with Crippen molar-refractivity contribution in [1.29, 1.82) is 0 Å². The molecule has 0 radical (unpaired) electrons. The van der Waals surface area contributed by atoms with Crippen LogP contribution in [-0.2, 0) is 16.0 Å². The van der Waals surface area contributed by atoms with Gasteiger partial charge in [-0.25, -0.2) is 0 Å². The minimum Gasteiger partial charge on any atom is -0.508 e. The Labute approximate surface area is 123 Å². The lowest BCUT2D eigenvalue weighted by atomic mass is 10.1. The molecule has 0 heterocycles. The van der Waals surface area contributed by atoms with E-state index in [1.807, 2.05) is 0 Å². The summed E-state index contributed by atoms with van der Waals surface area (Å²) < 4.78 is 0. The quantitative estimate of drug-likeness (QED) is 0.687. The van der Waals surface area contributed by atoms with Gasteiger partial charge in [-0.2, -0.15) is 0 Å². The second-order valence-electron chi connectivity index (χ2n) is 5.38. The number of aliphatic carboxylic acids is 1. The molecule has 1 aliphatic rings. The summed E-state index contributed by atoms with van der Waals surface area (Å²) in [5, 5.41) is 18.0. The SMILES string of the molecule is NC(Cc1ccc(O)cc1)C(=O)N(CCC(=O)O)C1CC1. The standard InChI is InChI=1S/C15H20N2O4/c16-13(9-10-1-5-12(18)6-2-10)15(21)17(11-3-4-11)8-7-14(19)20/h1-2,5-6,11,13,18H,3-4,7-9,16H2,(H,19,20). The van der Waals surface area contributed by atoms with Crippen LogP contribution in [0.5, 0.6) is 5.75 Å². The van der Waals surface area contributed by atoms with Gasteiger partial charge in [0.2, 0.25) is 5.91 Å². The lowest BCUT2D eigenvalue weighted by Gasteiger charge is -2.25. The van der Waals surface area contributed by atoms with Crippen molar-refractivity contribution in [3.05, 3.63) is 29.8 Å². The molecule has 2 rings (SSSR count). The van der Waals surface area contributed by atoms with Crippen molar-refractivity contribution in [3.63, 3.8) is 0 Å². The van der Waals surface area contributed by atoms with Crippen LogP contribution in [0.25, 0.3) is 0 Å². The zero-order valence-corrected chi connectivity index (χ0v) is 11.7. The van der Waals surface area contributed by atoms with Crippen molar-refractivity contribution in [3.8, 4) is 5.75 Å². The van der Waals surface area contributed by atoms with Crippen molar-refractivity contribution < 1.29 is 19.8 Å². The maximum absolute atomic E-state index is 12.4. The third kappa shape index (κ3) is 4.46. The normalized spacial score (nSPS) is 15.5. The van der Waals surface area contributed by atoms with E-state index in [1.165, 1.54) is 0 Å². The van der Waals surface area contributed by atoms with Crippen LogP contribution in [0.1, 0.15) is 24.8 Å². The van der Waals surface area contributed by atoms with Gasteiger partial charge in [-0.3, -0.25) is 9.59 Å². The minimum absolute atomic E-state index is 0.0613. The van der Waals surface area contributed by atoms with E-state index in [0.29, 0.717) is 6.42 Å². The van der Waals surface area contributed by atoms with Gasteiger partial charge in [-0.1, -0.05) is 12.1 Å². The van der Waals surface area contributed by atoms with Crippen LogP contribution in [-0.4, -0.2) is 45.6 Å². The van der Waals surface area contributed by atoms with Crippen molar-refractivity contribution in [2.75, 3.05) is 6.54 Å². The number of amides is 1. The highest BCUT2D eigenvalue weighted by Crippen LogP contribution is 2.27. The number of phenols is 1. The first-order valence-corrected chi connectivity index (χ1v) is 7.03. The third-order valence-electron chi connectivity index (χ3n) is 3.55. The maximum atomic E-state index is 12.4. The number of rotatable bonds is 7. The number of carboxylic acids is 1. The van der Waals surface area contributed by atoms with Gasteiger partial charge in [0.1, 0.15) is 5.75 Å². The van der Waals surface area contributed by atoms with E-state index in [1.54, 1.807) is 29.2 Å². The number of phenolic OH excluding ortho intramolecular Hbond substituents is 1. The molecule has 0 bridgehead atoms. The predicted octanol–water partition coefficient (Wildman–Crippen LogP) is 0.728. The Hall–Kier alpha value is -2.08. The highest BCUT2D eigenvalue weighted by atomic mass is 16.4. The smallest absolute Gasteiger partial charge is 0.305 e. The van der Waals surface area contributed by atoms with E-state index in [9.17, 15) is 14.7 Å². The highest BCUT2D eigenvalue weighted by Gasteiger charge is 2.34. The lowest BCUT2D eigenvalue weighted by Crippen LogP contribution is -2.46. The molecule has 114 valence electrons. The van der Waals surface area contributed by atoms with E-state index >= 15 is 0 Å². The van der Waals surface area contributed by atoms with Crippen molar-refractivity contribution >= 4 is 11.9 Å². The summed E-state index contributed by atoms with van der Waals surface area (Å²) in [6, 6.07) is 6.00. The molecule has 1 atom stereocenters. The van der Waals surface area contributed by atoms with Crippen LogP contribution < -0.4 is 5.73 Å². The van der Waals surface area contributed by atoms with Crippen molar-refractivity contribution in [1.82, 2.24) is 4.90 Å². The number of benzene rings is 1. The van der Waals surface area contributed by atoms with Crippen LogP contribution in [0.3, 0.4) is 0 Å². The van der Waals surface area contributed by atoms with E-state index < -0.39 is 12.0 Å². The predicted molar refractivity (Wildman–Crippen MR) is 76.8 cm³/mol. The summed E-state index contributed by atoms with van der Waals surface area (Å²) in [4.78, 5) is 24.6. The molecule has 1 saturated carbocycles. The van der Waals surface area contributed by atoms with Gasteiger partial charge in [0.15, 0.2) is 0 Å². The molecule has 4 N–H and O–H groups in total. The molecular weight excluding hydrogens is 272 g/mol. The van der Waals surface area contributed by atoms with Crippen molar-refractivity contribution in [2.24, 2.45) is 5.73 Å². The summed E-state index contributed by atoms with van der Waals surface area (Å²) in [6.45, 7) is 0.210. The largest absolute Gasteiger partial charge is 0.508 e. The fraction of sp³-hybridized carbons (Fsp3) is 0.467. The molecule has 1 aromatic rings. The molecule has 0 saturated heterocycles. The van der Waals surface area contributed by atoms with Gasteiger partial charge >= 0.3 is 5.97 Å². The second-order valence-corrected chi connectivity index (χ2v) is 5.38. The van der Waals surface area contributed by atoms with Crippen molar-refractivity contribution in [2.45, 2.75) is 37.8 Å². The van der Waals surface area contributed by atoms with Gasteiger partial charge in [0.25, 0.3) is 0 Å². The molecule has 1 fully saturated rings. The molecule has 6 nitrogen and oxygen atoms in total. The molecule has 1 aliphatic carbocycles. The van der Waals surface area contributed by atoms with Gasteiger partial charge in [0.05, 0.1) is 12.5 Å². The summed E-state index contributed by atoms with van der Waals surface area (Å²) in [5.41, 5.74) is 6.82. The second kappa shape index (κ2) is 6.58. The topological polar surface area (TPSA) is 104 Å². The molecule has 1 amide bonds. The number of hydrogen-bond acceptors (Lipinski definition) is 4. The Morgan fingerprint density at radius 2 is 1.90 bits per heavy atom. The number of carbonyl (C=O) groups excluding carboxylic acids is 1. The Morgan fingerprint density at radius 3 is 2.43 bits per heavy atom. The Kier molecular flexibility index (Phi) is 4.80. The summed E-state index contributed by atoms with van der Waals surface area (Å²) >= 11 is 0. The van der Waals surface area contributed by atoms with Gasteiger partial charge < -0.3 is 20.8 Å². The summed E-state index contributed by atoms with van der Waals surface area (Å²) in [5.74, 6) is -0.952. The first-order valence-electron chi connectivity index (χ1n) is 7.03. The summed E-state index contributed by atoms with van der Waals surface area (Å²) in [6.07, 6.45) is 2.14. The number of carbonyl (C=O) groups is 2. The fourth-order valence-electron chi connectivity index (χ4n) is 2.26. The van der Waals surface area contributed by atoms with E-state index in [4.69, 9.17) is 10.8 Å². The van der Waals surface area contributed by atoms with Crippen LogP contribution >= 0.6 is 0 Å². The van der Waals surface area contributed by atoms with Crippen LogP contribution in [0.15, 0.2) is 24.3 Å². The number of nitrogens with zero attached hydrogens (tertiary/aromatic N) is 1. The molecule has 6 heteroatoms. The van der Waals surface area contributed by atoms with E-state index in [2.05, 4.69) is 0 Å². The third-order valence-corrected chi connectivity index (χ3v) is 3.55. The minimum atomic E-state index is -0.916. The molecule has 0 aliphatic heterocycles. The first kappa shape index (κ1) is 15.3. The first-order chi connectivity index (χ1) is 9.97. The van der Waals surface area contributed by atoms with E-state index in [0.717, 1.165) is 18.4 Å². The van der Waals surface area contributed by atoms with Gasteiger partial charge in [0, 0.05) is 12.6 Å². The average Bonchev–Trinajstić information content (AvgIpc) is 3.25. The number of carboxylic acid groups (broad SMARTS) is 1. The highest BCUT2D eigenvalue weighted by molar-refractivity contribution is 5.83. The van der Waals surface area contributed by atoms with Gasteiger partial charge in [-0.05, 0) is 37.0 Å². The molecule has 0 spiro atoms. The molecule has 0 aromatic heterocycles. The average molecular weight is 292 g/mol. The Balaban J connectivity index is 1.95. The lowest BCUT2D eigenvalue weighted by molar-refractivity contribution is -0.139. The molecule has 1 aromatic carbocycles. The fourth-order valence-corrected chi connectivity index (χ4v) is 2.26. The monoisotopic (exact) mass is 292 g/mol. The van der Waals surface area contributed by atoms with Gasteiger partial charge in [-0.15, -0.1) is 0 Å². The summed E-state index contributed by atoms with van der Waals surface area (Å²) in [7, 11) is 0. The Morgan fingerprint density at radius 1 is 1.29 bits per heavy atom.